The van der Waals surface area contributed by atoms with Crippen molar-refractivity contribution in [3.63, 3.8) is 0 Å². The van der Waals surface area contributed by atoms with Gasteiger partial charge in [0.25, 0.3) is 0 Å². The van der Waals surface area contributed by atoms with Gasteiger partial charge in [0.15, 0.2) is 0 Å². The molecule has 1 aromatic carbocycles. The van der Waals surface area contributed by atoms with Gasteiger partial charge in [0, 0.05) is 18.5 Å². The highest BCUT2D eigenvalue weighted by atomic mass is 35.5. The lowest BCUT2D eigenvalue weighted by Gasteiger charge is -2.27. The van der Waals surface area contributed by atoms with E-state index in [4.69, 9.17) is 11.6 Å². The Balaban J connectivity index is 2.99. The summed E-state index contributed by atoms with van der Waals surface area (Å²) in [4.78, 5) is 0. The summed E-state index contributed by atoms with van der Waals surface area (Å²) in [5.74, 6) is -0.360. The molecule has 1 rings (SSSR count). The molecule has 0 saturated carbocycles. The molecule has 6 heteroatoms. The number of hydrogen-bond acceptors (Lipinski definition) is 2. The lowest BCUT2D eigenvalue weighted by molar-refractivity contribution is 0.357. The van der Waals surface area contributed by atoms with Gasteiger partial charge in [-0.15, -0.1) is 11.6 Å². The Bertz CT molecular complexity index is 475. The van der Waals surface area contributed by atoms with Crippen molar-refractivity contribution in [3.05, 3.63) is 35.6 Å². The Labute approximate surface area is 113 Å². The monoisotopic (exact) mass is 293 g/mol. The van der Waals surface area contributed by atoms with Crippen LogP contribution in [-0.2, 0) is 10.0 Å². The van der Waals surface area contributed by atoms with Crippen LogP contribution in [0.4, 0.5) is 4.39 Å². The van der Waals surface area contributed by atoms with E-state index in [-0.39, 0.29) is 23.5 Å². The van der Waals surface area contributed by atoms with Crippen molar-refractivity contribution < 1.29 is 12.8 Å². The Hall–Kier alpha value is -0.650. The van der Waals surface area contributed by atoms with Crippen molar-refractivity contribution in [2.75, 3.05) is 18.2 Å². The highest BCUT2D eigenvalue weighted by Crippen LogP contribution is 2.23. The molecule has 0 spiro atoms. The SMILES string of the molecule is CCN(C(C)c1ccc(F)cc1)S(=O)(=O)CCCl. The number of benzene rings is 1. The fraction of sp³-hybridized carbons (Fsp3) is 0.500. The number of sulfonamides is 1. The summed E-state index contributed by atoms with van der Waals surface area (Å²) in [6.45, 7) is 3.91. The normalized spacial score (nSPS) is 13.8. The Kier molecular flexibility index (Phi) is 5.56. The summed E-state index contributed by atoms with van der Waals surface area (Å²) in [7, 11) is -3.37. The first-order valence-corrected chi connectivity index (χ1v) is 7.87. The van der Waals surface area contributed by atoms with Crippen LogP contribution in [-0.4, -0.2) is 30.9 Å². The molecule has 0 fully saturated rings. The van der Waals surface area contributed by atoms with E-state index in [0.29, 0.717) is 6.54 Å². The van der Waals surface area contributed by atoms with Gasteiger partial charge in [0.2, 0.25) is 10.0 Å². The van der Waals surface area contributed by atoms with Crippen molar-refractivity contribution >= 4 is 21.6 Å². The maximum atomic E-state index is 12.8. The third-order valence-corrected chi connectivity index (χ3v) is 5.21. The Morgan fingerprint density at radius 3 is 2.33 bits per heavy atom. The number of halogens is 2. The second kappa shape index (κ2) is 6.50. The van der Waals surface area contributed by atoms with Crippen LogP contribution in [0, 0.1) is 5.82 Å². The van der Waals surface area contributed by atoms with Crippen LogP contribution < -0.4 is 0 Å². The first kappa shape index (κ1) is 15.4. The molecular formula is C12H17ClFNO2S. The lowest BCUT2D eigenvalue weighted by atomic mass is 10.1. The van der Waals surface area contributed by atoms with Crippen molar-refractivity contribution in [3.8, 4) is 0 Å². The van der Waals surface area contributed by atoms with E-state index in [0.717, 1.165) is 5.56 Å². The average Bonchev–Trinajstić information content (AvgIpc) is 2.30. The van der Waals surface area contributed by atoms with Gasteiger partial charge in [-0.25, -0.2) is 12.8 Å². The zero-order valence-corrected chi connectivity index (χ0v) is 12.0. The molecule has 1 aromatic rings. The molecule has 0 aliphatic heterocycles. The van der Waals surface area contributed by atoms with E-state index in [1.54, 1.807) is 26.0 Å². The largest absolute Gasteiger partial charge is 0.215 e. The van der Waals surface area contributed by atoms with Crippen LogP contribution in [0.15, 0.2) is 24.3 Å². The summed E-state index contributed by atoms with van der Waals surface area (Å²) >= 11 is 5.50. The quantitative estimate of drug-likeness (QED) is 0.756. The van der Waals surface area contributed by atoms with Crippen molar-refractivity contribution in [1.29, 1.82) is 0 Å². The molecule has 18 heavy (non-hydrogen) atoms. The maximum Gasteiger partial charge on any atom is 0.215 e. The molecule has 0 saturated heterocycles. The molecule has 3 nitrogen and oxygen atoms in total. The predicted molar refractivity (Wildman–Crippen MR) is 71.7 cm³/mol. The number of hydrogen-bond donors (Lipinski definition) is 0. The van der Waals surface area contributed by atoms with Crippen molar-refractivity contribution in [1.82, 2.24) is 4.31 Å². The zero-order valence-electron chi connectivity index (χ0n) is 10.4. The number of alkyl halides is 1. The molecule has 0 aromatic heterocycles. The summed E-state index contributed by atoms with van der Waals surface area (Å²) < 4.78 is 38.2. The minimum absolute atomic E-state index is 0.0645. The molecule has 0 radical (unpaired) electrons. The molecule has 0 N–H and O–H groups in total. The van der Waals surface area contributed by atoms with E-state index in [1.807, 2.05) is 0 Å². The first-order valence-electron chi connectivity index (χ1n) is 5.73. The fourth-order valence-electron chi connectivity index (χ4n) is 1.83. The zero-order chi connectivity index (χ0) is 13.8. The van der Waals surface area contributed by atoms with Crippen LogP contribution >= 0.6 is 11.6 Å². The van der Waals surface area contributed by atoms with E-state index in [2.05, 4.69) is 0 Å². The number of rotatable bonds is 6. The van der Waals surface area contributed by atoms with Gasteiger partial charge >= 0.3 is 0 Å². The topological polar surface area (TPSA) is 37.4 Å². The van der Waals surface area contributed by atoms with Gasteiger partial charge < -0.3 is 0 Å². The Morgan fingerprint density at radius 1 is 1.33 bits per heavy atom. The second-order valence-corrected chi connectivity index (χ2v) is 6.35. The maximum absolute atomic E-state index is 12.8. The third kappa shape index (κ3) is 3.67. The van der Waals surface area contributed by atoms with Crippen molar-refractivity contribution in [2.24, 2.45) is 0 Å². The molecule has 1 atom stereocenters. The van der Waals surface area contributed by atoms with Gasteiger partial charge in [-0.3, -0.25) is 0 Å². The van der Waals surface area contributed by atoms with Crippen LogP contribution in [0.25, 0.3) is 0 Å². The number of nitrogens with zero attached hydrogens (tertiary/aromatic N) is 1. The summed E-state index contributed by atoms with van der Waals surface area (Å²) in [5.41, 5.74) is 0.761. The van der Waals surface area contributed by atoms with Gasteiger partial charge in [0.05, 0.1) is 5.75 Å². The summed E-state index contributed by atoms with van der Waals surface area (Å²) in [6.07, 6.45) is 0. The van der Waals surface area contributed by atoms with Crippen LogP contribution in [0.5, 0.6) is 0 Å². The lowest BCUT2D eigenvalue weighted by Crippen LogP contribution is -2.35. The highest BCUT2D eigenvalue weighted by molar-refractivity contribution is 7.89. The summed E-state index contributed by atoms with van der Waals surface area (Å²) in [6, 6.07) is 5.52. The smallest absolute Gasteiger partial charge is 0.212 e. The van der Waals surface area contributed by atoms with E-state index >= 15 is 0 Å². The summed E-state index contributed by atoms with van der Waals surface area (Å²) in [5, 5.41) is 0. The van der Waals surface area contributed by atoms with E-state index in [1.165, 1.54) is 16.4 Å². The molecule has 0 heterocycles. The van der Waals surface area contributed by atoms with Gasteiger partial charge in [-0.1, -0.05) is 19.1 Å². The molecule has 102 valence electrons. The molecule has 0 amide bonds. The van der Waals surface area contributed by atoms with Gasteiger partial charge in [-0.05, 0) is 24.6 Å². The van der Waals surface area contributed by atoms with Crippen LogP contribution in [0.2, 0.25) is 0 Å². The molecular weight excluding hydrogens is 277 g/mol. The van der Waals surface area contributed by atoms with E-state index < -0.39 is 10.0 Å². The molecule has 0 aliphatic carbocycles. The average molecular weight is 294 g/mol. The van der Waals surface area contributed by atoms with Crippen molar-refractivity contribution in [2.45, 2.75) is 19.9 Å². The first-order chi connectivity index (χ1) is 8.42. The minimum atomic E-state index is -3.37. The van der Waals surface area contributed by atoms with Gasteiger partial charge in [0.1, 0.15) is 5.82 Å². The third-order valence-electron chi connectivity index (χ3n) is 2.79. The van der Waals surface area contributed by atoms with E-state index in [9.17, 15) is 12.8 Å². The van der Waals surface area contributed by atoms with Gasteiger partial charge in [-0.2, -0.15) is 4.31 Å². The molecule has 1 unspecified atom stereocenters. The van der Waals surface area contributed by atoms with Crippen LogP contribution in [0.3, 0.4) is 0 Å². The highest BCUT2D eigenvalue weighted by Gasteiger charge is 2.26. The minimum Gasteiger partial charge on any atom is -0.212 e. The van der Waals surface area contributed by atoms with Crippen LogP contribution in [0.1, 0.15) is 25.5 Å². The standard InChI is InChI=1S/C12H17ClFNO2S/c1-3-15(18(16,17)9-8-13)10(2)11-4-6-12(14)7-5-11/h4-7,10H,3,8-9H2,1-2H3. The Morgan fingerprint density at radius 2 is 1.89 bits per heavy atom. The fourth-order valence-corrected chi connectivity index (χ4v) is 3.85. The molecule has 0 aliphatic rings. The second-order valence-electron chi connectivity index (χ2n) is 3.94. The molecule has 0 bridgehead atoms. The predicted octanol–water partition coefficient (Wildman–Crippen LogP) is 2.78.